The lowest BCUT2D eigenvalue weighted by Crippen LogP contribution is -2.31. The molecule has 2 unspecified atom stereocenters. The van der Waals surface area contributed by atoms with Crippen molar-refractivity contribution in [1.82, 2.24) is 4.98 Å². The number of hydrogen-bond acceptors (Lipinski definition) is 4. The number of pyridine rings is 1. The Kier molecular flexibility index (Phi) is 4.36. The zero-order valence-electron chi connectivity index (χ0n) is 11.3. The van der Waals surface area contributed by atoms with Crippen LogP contribution in [0.2, 0.25) is 0 Å². The summed E-state index contributed by atoms with van der Waals surface area (Å²) in [6.07, 6.45) is -2.46. The van der Waals surface area contributed by atoms with Crippen molar-refractivity contribution in [1.29, 1.82) is 0 Å². The summed E-state index contributed by atoms with van der Waals surface area (Å²) in [7, 11) is 1.52. The first kappa shape index (κ1) is 15.6. The summed E-state index contributed by atoms with van der Waals surface area (Å²) in [4.78, 5) is 14.5. The monoisotopic (exact) mass is 304 g/mol. The Balaban J connectivity index is 2.32. The second kappa shape index (κ2) is 5.88. The Labute approximate surface area is 119 Å². The molecule has 8 heteroatoms. The number of carbonyl (C=O) groups is 1. The maximum Gasteiger partial charge on any atom is 0.433 e. The number of alkyl halides is 3. The quantitative estimate of drug-likeness (QED) is 0.895. The van der Waals surface area contributed by atoms with Gasteiger partial charge in [-0.2, -0.15) is 13.2 Å². The Hall–Kier alpha value is -1.83. The molecule has 0 spiro atoms. The van der Waals surface area contributed by atoms with Crippen LogP contribution in [0.5, 0.6) is 0 Å². The highest BCUT2D eigenvalue weighted by molar-refractivity contribution is 5.93. The zero-order valence-corrected chi connectivity index (χ0v) is 11.3. The summed E-state index contributed by atoms with van der Waals surface area (Å²) >= 11 is 0. The van der Waals surface area contributed by atoms with Gasteiger partial charge in [-0.25, -0.2) is 9.78 Å². The molecule has 0 amide bonds. The molecule has 1 aromatic rings. The standard InChI is InChI=1S/C13H15F3N2O3/c1-21-9-4-2-3-8(9)17-11-7(12(19)20)5-6-10(18-11)13(14,15)16/h5-6,8-9H,2-4H2,1H3,(H,17,18)(H,19,20). The van der Waals surface area contributed by atoms with Gasteiger partial charge in [0.25, 0.3) is 0 Å². The molecule has 0 aromatic carbocycles. The average molecular weight is 304 g/mol. The molecule has 0 radical (unpaired) electrons. The van der Waals surface area contributed by atoms with Crippen molar-refractivity contribution >= 4 is 11.8 Å². The molecule has 2 atom stereocenters. The van der Waals surface area contributed by atoms with E-state index in [2.05, 4.69) is 10.3 Å². The summed E-state index contributed by atoms with van der Waals surface area (Å²) in [6.45, 7) is 0. The normalized spacial score (nSPS) is 22.3. The lowest BCUT2D eigenvalue weighted by atomic mass is 10.1. The lowest BCUT2D eigenvalue weighted by Gasteiger charge is -2.21. The summed E-state index contributed by atoms with van der Waals surface area (Å²) in [5.74, 6) is -1.60. The Morgan fingerprint density at radius 1 is 1.43 bits per heavy atom. The molecule has 1 heterocycles. The number of nitrogens with zero attached hydrogens (tertiary/aromatic N) is 1. The van der Waals surface area contributed by atoms with Crippen LogP contribution in [-0.4, -0.2) is 35.3 Å². The molecule has 1 aromatic heterocycles. The van der Waals surface area contributed by atoms with E-state index in [0.29, 0.717) is 12.5 Å². The molecular formula is C13H15F3N2O3. The van der Waals surface area contributed by atoms with Gasteiger partial charge in [-0.05, 0) is 31.4 Å². The van der Waals surface area contributed by atoms with Crippen LogP contribution >= 0.6 is 0 Å². The van der Waals surface area contributed by atoms with E-state index < -0.39 is 17.8 Å². The minimum absolute atomic E-state index is 0.164. The fourth-order valence-corrected chi connectivity index (χ4v) is 2.45. The van der Waals surface area contributed by atoms with Gasteiger partial charge in [-0.15, -0.1) is 0 Å². The number of anilines is 1. The van der Waals surface area contributed by atoms with Crippen molar-refractivity contribution in [3.05, 3.63) is 23.4 Å². The number of halogens is 3. The molecule has 2 N–H and O–H groups in total. The summed E-state index contributed by atoms with van der Waals surface area (Å²) in [5.41, 5.74) is -1.41. The van der Waals surface area contributed by atoms with Crippen LogP contribution < -0.4 is 5.32 Å². The fourth-order valence-electron chi connectivity index (χ4n) is 2.45. The number of rotatable bonds is 4. The van der Waals surface area contributed by atoms with E-state index >= 15 is 0 Å². The summed E-state index contributed by atoms with van der Waals surface area (Å²) in [6, 6.07) is 1.33. The first-order valence-corrected chi connectivity index (χ1v) is 6.44. The first-order valence-electron chi connectivity index (χ1n) is 6.44. The van der Waals surface area contributed by atoms with Gasteiger partial charge in [0.2, 0.25) is 0 Å². The highest BCUT2D eigenvalue weighted by Gasteiger charge is 2.34. The highest BCUT2D eigenvalue weighted by Crippen LogP contribution is 2.31. The molecular weight excluding hydrogens is 289 g/mol. The SMILES string of the molecule is COC1CCCC1Nc1nc(C(F)(F)F)ccc1C(=O)O. The number of carboxylic acid groups (broad SMARTS) is 1. The molecule has 2 rings (SSSR count). The second-order valence-electron chi connectivity index (χ2n) is 4.85. The molecule has 1 aliphatic rings. The van der Waals surface area contributed by atoms with E-state index in [9.17, 15) is 18.0 Å². The third-order valence-corrected chi connectivity index (χ3v) is 3.49. The van der Waals surface area contributed by atoms with Gasteiger partial charge in [0, 0.05) is 7.11 Å². The predicted octanol–water partition coefficient (Wildman–Crippen LogP) is 2.78. The van der Waals surface area contributed by atoms with Crippen molar-refractivity contribution in [3.63, 3.8) is 0 Å². The number of aromatic carboxylic acids is 1. The first-order chi connectivity index (χ1) is 9.82. The van der Waals surface area contributed by atoms with Gasteiger partial charge >= 0.3 is 12.1 Å². The van der Waals surface area contributed by atoms with E-state index in [1.807, 2.05) is 0 Å². The molecule has 0 aliphatic heterocycles. The molecule has 1 fully saturated rings. The van der Waals surface area contributed by atoms with Gasteiger partial charge in [-0.3, -0.25) is 0 Å². The van der Waals surface area contributed by atoms with Crippen LogP contribution in [0, 0.1) is 0 Å². The topological polar surface area (TPSA) is 71.5 Å². The fraction of sp³-hybridized carbons (Fsp3) is 0.538. The zero-order chi connectivity index (χ0) is 15.6. The number of carboxylic acids is 1. The highest BCUT2D eigenvalue weighted by atomic mass is 19.4. The third-order valence-electron chi connectivity index (χ3n) is 3.49. The molecule has 116 valence electrons. The molecule has 21 heavy (non-hydrogen) atoms. The van der Waals surface area contributed by atoms with E-state index in [0.717, 1.165) is 18.9 Å². The molecule has 0 saturated heterocycles. The van der Waals surface area contributed by atoms with Crippen LogP contribution in [0.1, 0.15) is 35.3 Å². The average Bonchev–Trinajstić information content (AvgIpc) is 2.84. The number of hydrogen-bond donors (Lipinski definition) is 2. The van der Waals surface area contributed by atoms with E-state index in [-0.39, 0.29) is 23.5 Å². The third kappa shape index (κ3) is 3.44. The van der Waals surface area contributed by atoms with Gasteiger partial charge in [0.1, 0.15) is 17.1 Å². The number of methoxy groups -OCH3 is 1. The van der Waals surface area contributed by atoms with Crippen molar-refractivity contribution in [3.8, 4) is 0 Å². The minimum atomic E-state index is -4.62. The van der Waals surface area contributed by atoms with Crippen LogP contribution in [0.4, 0.5) is 19.0 Å². The Morgan fingerprint density at radius 3 is 2.71 bits per heavy atom. The second-order valence-corrected chi connectivity index (χ2v) is 4.85. The smallest absolute Gasteiger partial charge is 0.433 e. The molecule has 0 bridgehead atoms. The minimum Gasteiger partial charge on any atom is -0.478 e. The molecule has 1 saturated carbocycles. The largest absolute Gasteiger partial charge is 0.478 e. The molecule has 5 nitrogen and oxygen atoms in total. The van der Waals surface area contributed by atoms with Crippen LogP contribution in [0.3, 0.4) is 0 Å². The van der Waals surface area contributed by atoms with E-state index in [4.69, 9.17) is 9.84 Å². The van der Waals surface area contributed by atoms with Gasteiger partial charge in [0.15, 0.2) is 0 Å². The maximum atomic E-state index is 12.7. The summed E-state index contributed by atoms with van der Waals surface area (Å²) in [5, 5.41) is 11.9. The van der Waals surface area contributed by atoms with Crippen molar-refractivity contribution < 1.29 is 27.8 Å². The van der Waals surface area contributed by atoms with Crippen LogP contribution in [0.15, 0.2) is 12.1 Å². The van der Waals surface area contributed by atoms with Crippen molar-refractivity contribution in [2.45, 2.75) is 37.6 Å². The van der Waals surface area contributed by atoms with Crippen LogP contribution in [-0.2, 0) is 10.9 Å². The van der Waals surface area contributed by atoms with Gasteiger partial charge in [0.05, 0.1) is 12.1 Å². The Bertz CT molecular complexity index is 534. The molecule has 1 aliphatic carbocycles. The van der Waals surface area contributed by atoms with Gasteiger partial charge in [-0.1, -0.05) is 0 Å². The van der Waals surface area contributed by atoms with Crippen molar-refractivity contribution in [2.24, 2.45) is 0 Å². The van der Waals surface area contributed by atoms with E-state index in [1.54, 1.807) is 0 Å². The predicted molar refractivity (Wildman–Crippen MR) is 68.3 cm³/mol. The maximum absolute atomic E-state index is 12.7. The van der Waals surface area contributed by atoms with Crippen LogP contribution in [0.25, 0.3) is 0 Å². The van der Waals surface area contributed by atoms with Gasteiger partial charge < -0.3 is 15.2 Å². The van der Waals surface area contributed by atoms with Crippen molar-refractivity contribution in [2.75, 3.05) is 12.4 Å². The lowest BCUT2D eigenvalue weighted by molar-refractivity contribution is -0.141. The number of nitrogens with one attached hydrogen (secondary N) is 1. The summed E-state index contributed by atoms with van der Waals surface area (Å²) < 4.78 is 43.3. The Morgan fingerprint density at radius 2 is 2.14 bits per heavy atom. The number of ether oxygens (including phenoxy) is 1. The number of aromatic nitrogens is 1. The van der Waals surface area contributed by atoms with E-state index in [1.165, 1.54) is 7.11 Å².